The molecule has 0 N–H and O–H groups in total. The summed E-state index contributed by atoms with van der Waals surface area (Å²) in [5, 5.41) is 0. The maximum absolute atomic E-state index is 4.78. The van der Waals surface area contributed by atoms with Crippen LogP contribution in [0, 0.1) is 0 Å². The lowest BCUT2D eigenvalue weighted by Crippen LogP contribution is -1.65. The molecule has 0 atom stereocenters. The third-order valence-electron chi connectivity index (χ3n) is 1.06. The van der Waals surface area contributed by atoms with E-state index < -0.39 is 0 Å². The first-order chi connectivity index (χ1) is 3.34. The van der Waals surface area contributed by atoms with E-state index in [0.29, 0.717) is 0 Å². The minimum Gasteiger partial charge on any atom is -0.458 e. The summed E-state index contributed by atoms with van der Waals surface area (Å²) in [5.41, 5.74) is 1.22. The minimum absolute atomic E-state index is 1.03. The number of rotatable bonds is 1. The zero-order valence-corrected chi connectivity index (χ0v) is 4.56. The minimum atomic E-state index is 1.03. The van der Waals surface area contributed by atoms with Crippen LogP contribution < -0.4 is 0 Å². The quantitative estimate of drug-likeness (QED) is 0.485. The first-order valence-corrected chi connectivity index (χ1v) is 2.34. The summed E-state index contributed by atoms with van der Waals surface area (Å²) in [5.74, 6) is 1.03. The van der Waals surface area contributed by atoms with Crippen molar-refractivity contribution in [3.63, 3.8) is 0 Å². The molecule has 1 aliphatic heterocycles. The first-order valence-electron chi connectivity index (χ1n) is 2.34. The van der Waals surface area contributed by atoms with Crippen molar-refractivity contribution in [2.24, 2.45) is 0 Å². The fraction of sp³-hybridized carbons (Fsp3) is 0.333. The van der Waals surface area contributed by atoms with E-state index in [1.54, 1.807) is 6.26 Å². The highest BCUT2D eigenvalue weighted by Gasteiger charge is 2.09. The molecule has 1 heterocycles. The average Bonchev–Trinajstić information content (AvgIpc) is 2.44. The molecule has 1 nitrogen and oxygen atoms in total. The number of allylic oxidation sites excluding steroid dienone is 2. The highest BCUT2D eigenvalue weighted by molar-refractivity contribution is 5.28. The largest absolute Gasteiger partial charge is 0.458 e. The Labute approximate surface area is 43.3 Å². The highest BCUT2D eigenvalue weighted by Crippen LogP contribution is 2.21. The molecule has 0 aromatic carbocycles. The standard InChI is InChI=1S/C6H8O/c1-3-5(2)6-4-7-6/h3-4H,1-2H3. The molecular formula is C6H8O. The van der Waals surface area contributed by atoms with Gasteiger partial charge in [-0.3, -0.25) is 0 Å². The van der Waals surface area contributed by atoms with Crippen LogP contribution in [-0.2, 0) is 4.74 Å². The Balaban J connectivity index is 2.54. The van der Waals surface area contributed by atoms with Crippen molar-refractivity contribution < 1.29 is 4.74 Å². The van der Waals surface area contributed by atoms with Gasteiger partial charge < -0.3 is 4.74 Å². The molecule has 0 fully saturated rings. The third-order valence-corrected chi connectivity index (χ3v) is 1.06. The van der Waals surface area contributed by atoms with E-state index in [2.05, 4.69) is 0 Å². The van der Waals surface area contributed by atoms with Crippen LogP contribution in [0.5, 0.6) is 0 Å². The summed E-state index contributed by atoms with van der Waals surface area (Å²) < 4.78 is 4.78. The second-order valence-corrected chi connectivity index (χ2v) is 1.57. The first kappa shape index (κ1) is 4.44. The third kappa shape index (κ3) is 0.829. The number of hydrogen-bond acceptors (Lipinski definition) is 1. The highest BCUT2D eigenvalue weighted by atomic mass is 16.5. The van der Waals surface area contributed by atoms with Gasteiger partial charge in [0.2, 0.25) is 0 Å². The molecule has 0 spiro atoms. The summed E-state index contributed by atoms with van der Waals surface area (Å²) in [6.07, 6.45) is 3.77. The van der Waals surface area contributed by atoms with Crippen LogP contribution in [0.4, 0.5) is 0 Å². The van der Waals surface area contributed by atoms with Gasteiger partial charge >= 0.3 is 0 Å². The van der Waals surface area contributed by atoms with Gasteiger partial charge in [-0.25, -0.2) is 0 Å². The maximum atomic E-state index is 4.78. The molecule has 0 radical (unpaired) electrons. The smallest absolute Gasteiger partial charge is 0.164 e. The van der Waals surface area contributed by atoms with Gasteiger partial charge in [0.1, 0.15) is 6.26 Å². The van der Waals surface area contributed by atoms with Crippen molar-refractivity contribution >= 4 is 0 Å². The average molecular weight is 96.1 g/mol. The molecule has 7 heavy (non-hydrogen) atoms. The van der Waals surface area contributed by atoms with Gasteiger partial charge in [0.05, 0.1) is 0 Å². The summed E-state index contributed by atoms with van der Waals surface area (Å²) >= 11 is 0. The lowest BCUT2D eigenvalue weighted by atomic mass is 10.3. The van der Waals surface area contributed by atoms with Gasteiger partial charge in [0.15, 0.2) is 5.76 Å². The SMILES string of the molecule is CC=C(C)C1=CO1. The molecule has 0 aromatic heterocycles. The predicted octanol–water partition coefficient (Wildman–Crippen LogP) is 1.82. The Morgan fingerprint density at radius 1 is 1.86 bits per heavy atom. The van der Waals surface area contributed by atoms with E-state index in [4.69, 9.17) is 4.74 Å². The van der Waals surface area contributed by atoms with Gasteiger partial charge in [0, 0.05) is 0 Å². The van der Waals surface area contributed by atoms with E-state index in [9.17, 15) is 0 Å². The molecule has 0 aromatic rings. The van der Waals surface area contributed by atoms with Crippen LogP contribution in [-0.4, -0.2) is 0 Å². The molecule has 1 rings (SSSR count). The topological polar surface area (TPSA) is 12.5 Å². The molecule has 1 aliphatic rings. The van der Waals surface area contributed by atoms with Crippen molar-refractivity contribution in [3.8, 4) is 0 Å². The van der Waals surface area contributed by atoms with Crippen LogP contribution in [0.3, 0.4) is 0 Å². The fourth-order valence-corrected chi connectivity index (χ4v) is 0.358. The van der Waals surface area contributed by atoms with Crippen LogP contribution in [0.25, 0.3) is 0 Å². The van der Waals surface area contributed by atoms with E-state index in [1.165, 1.54) is 5.57 Å². The summed E-state index contributed by atoms with van der Waals surface area (Å²) in [7, 11) is 0. The summed E-state index contributed by atoms with van der Waals surface area (Å²) in [6, 6.07) is 0. The molecule has 38 valence electrons. The maximum Gasteiger partial charge on any atom is 0.164 e. The van der Waals surface area contributed by atoms with E-state index in [-0.39, 0.29) is 0 Å². The van der Waals surface area contributed by atoms with E-state index in [0.717, 1.165) is 5.76 Å². The zero-order valence-electron chi connectivity index (χ0n) is 4.56. The van der Waals surface area contributed by atoms with Crippen molar-refractivity contribution in [3.05, 3.63) is 23.7 Å². The summed E-state index contributed by atoms with van der Waals surface area (Å²) in [4.78, 5) is 0. The molecule has 1 heteroatoms. The van der Waals surface area contributed by atoms with Crippen molar-refractivity contribution in [1.29, 1.82) is 0 Å². The van der Waals surface area contributed by atoms with Crippen molar-refractivity contribution in [2.75, 3.05) is 0 Å². The Kier molecular flexibility index (Phi) is 0.895. The molecule has 0 bridgehead atoms. The Morgan fingerprint density at radius 2 is 2.43 bits per heavy atom. The number of hydrogen-bond donors (Lipinski definition) is 0. The van der Waals surface area contributed by atoms with Crippen LogP contribution in [0.15, 0.2) is 23.7 Å². The van der Waals surface area contributed by atoms with Crippen LogP contribution in [0.2, 0.25) is 0 Å². The van der Waals surface area contributed by atoms with Crippen molar-refractivity contribution in [2.45, 2.75) is 13.8 Å². The Bertz CT molecular complexity index is 131. The molecule has 0 saturated carbocycles. The summed E-state index contributed by atoms with van der Waals surface area (Å²) in [6.45, 7) is 4.02. The van der Waals surface area contributed by atoms with E-state index >= 15 is 0 Å². The predicted molar refractivity (Wildman–Crippen MR) is 28.6 cm³/mol. The monoisotopic (exact) mass is 96.1 g/mol. The van der Waals surface area contributed by atoms with Gasteiger partial charge in [-0.1, -0.05) is 6.08 Å². The second kappa shape index (κ2) is 1.41. The number of ether oxygens (including phenoxy) is 1. The lowest BCUT2D eigenvalue weighted by molar-refractivity contribution is 0.509. The van der Waals surface area contributed by atoms with Crippen LogP contribution in [0.1, 0.15) is 13.8 Å². The lowest BCUT2D eigenvalue weighted by Gasteiger charge is -1.81. The zero-order chi connectivity index (χ0) is 5.28. The second-order valence-electron chi connectivity index (χ2n) is 1.57. The van der Waals surface area contributed by atoms with E-state index in [1.807, 2.05) is 19.9 Å². The molecule has 0 saturated heterocycles. The van der Waals surface area contributed by atoms with Crippen molar-refractivity contribution in [1.82, 2.24) is 0 Å². The van der Waals surface area contributed by atoms with Crippen LogP contribution >= 0.6 is 0 Å². The molecule has 0 aliphatic carbocycles. The fourth-order valence-electron chi connectivity index (χ4n) is 0.358. The van der Waals surface area contributed by atoms with Gasteiger partial charge in [0.25, 0.3) is 0 Å². The molecule has 0 amide bonds. The molecular weight excluding hydrogens is 88.1 g/mol. The Morgan fingerprint density at radius 3 is 2.57 bits per heavy atom. The Hall–Kier alpha value is -0.720. The molecule has 0 unspecified atom stereocenters. The van der Waals surface area contributed by atoms with Gasteiger partial charge in [-0.2, -0.15) is 0 Å². The normalized spacial score (nSPS) is 18.0. The van der Waals surface area contributed by atoms with Gasteiger partial charge in [-0.05, 0) is 19.4 Å². The van der Waals surface area contributed by atoms with Gasteiger partial charge in [-0.15, -0.1) is 0 Å².